The largest absolute Gasteiger partial charge is 0.342 e. The Morgan fingerprint density at radius 3 is 2.32 bits per heavy atom. The molecule has 2 atom stereocenters. The third-order valence-corrected chi connectivity index (χ3v) is 5.89. The molecule has 7 nitrogen and oxygen atoms in total. The summed E-state index contributed by atoms with van der Waals surface area (Å²) in [5, 5.41) is 0. The van der Waals surface area contributed by atoms with Crippen LogP contribution < -0.4 is 0 Å². The van der Waals surface area contributed by atoms with Crippen molar-refractivity contribution in [3.8, 4) is 0 Å². The first-order chi connectivity index (χ1) is 10.2. The van der Waals surface area contributed by atoms with Crippen LogP contribution in [0, 0.1) is 5.92 Å². The molecule has 126 valence electrons. The van der Waals surface area contributed by atoms with Crippen LogP contribution in [0.3, 0.4) is 0 Å². The molecule has 1 unspecified atom stereocenters. The summed E-state index contributed by atoms with van der Waals surface area (Å²) in [4.78, 5) is 27.8. The fourth-order valence-electron chi connectivity index (χ4n) is 3.30. The van der Waals surface area contributed by atoms with E-state index in [0.717, 1.165) is 0 Å². The molecule has 0 aromatic carbocycles. The van der Waals surface area contributed by atoms with Crippen molar-refractivity contribution in [1.29, 1.82) is 0 Å². The number of piperazine rings is 1. The second kappa shape index (κ2) is 6.54. The van der Waals surface area contributed by atoms with E-state index in [0.29, 0.717) is 45.6 Å². The van der Waals surface area contributed by atoms with Gasteiger partial charge in [0, 0.05) is 45.2 Å². The summed E-state index contributed by atoms with van der Waals surface area (Å²) in [6.07, 6.45) is 2.36. The highest BCUT2D eigenvalue weighted by atomic mass is 32.2. The van der Waals surface area contributed by atoms with E-state index in [1.165, 1.54) is 10.6 Å². The number of rotatable bonds is 3. The van der Waals surface area contributed by atoms with Crippen molar-refractivity contribution >= 4 is 21.8 Å². The lowest BCUT2D eigenvalue weighted by Crippen LogP contribution is -2.56. The van der Waals surface area contributed by atoms with Gasteiger partial charge in [-0.25, -0.2) is 8.42 Å². The van der Waals surface area contributed by atoms with Crippen molar-refractivity contribution in [2.45, 2.75) is 32.7 Å². The lowest BCUT2D eigenvalue weighted by atomic mass is 10.1. The van der Waals surface area contributed by atoms with Gasteiger partial charge in [0.2, 0.25) is 21.8 Å². The summed E-state index contributed by atoms with van der Waals surface area (Å²) >= 11 is 0. The van der Waals surface area contributed by atoms with Crippen LogP contribution in [0.4, 0.5) is 0 Å². The number of hydrogen-bond donors (Lipinski definition) is 0. The van der Waals surface area contributed by atoms with Gasteiger partial charge in [0.15, 0.2) is 0 Å². The molecule has 0 aliphatic carbocycles. The van der Waals surface area contributed by atoms with E-state index in [1.807, 2.05) is 13.8 Å². The number of nitrogens with zero attached hydrogens (tertiary/aromatic N) is 3. The molecule has 2 rings (SSSR count). The highest BCUT2D eigenvalue weighted by Gasteiger charge is 2.37. The number of carbonyl (C=O) groups is 2. The van der Waals surface area contributed by atoms with E-state index in [1.54, 1.807) is 9.80 Å². The number of hydrogen-bond acceptors (Lipinski definition) is 4. The van der Waals surface area contributed by atoms with Crippen molar-refractivity contribution in [2.24, 2.45) is 5.92 Å². The van der Waals surface area contributed by atoms with E-state index >= 15 is 0 Å². The number of sulfonamides is 1. The van der Waals surface area contributed by atoms with Crippen molar-refractivity contribution in [2.75, 3.05) is 39.0 Å². The number of carbonyl (C=O) groups excluding carboxylic acids is 2. The SMILES string of the molecule is CCC(=O)N1CCC(C(=O)N2CCN(S(C)(=O)=O)[C@@H](C)C2)C1. The van der Waals surface area contributed by atoms with Crippen molar-refractivity contribution in [1.82, 2.24) is 14.1 Å². The van der Waals surface area contributed by atoms with Gasteiger partial charge < -0.3 is 9.80 Å². The lowest BCUT2D eigenvalue weighted by Gasteiger charge is -2.39. The highest BCUT2D eigenvalue weighted by molar-refractivity contribution is 7.88. The van der Waals surface area contributed by atoms with E-state index in [4.69, 9.17) is 0 Å². The fourth-order valence-corrected chi connectivity index (χ4v) is 4.44. The quantitative estimate of drug-likeness (QED) is 0.714. The molecule has 2 fully saturated rings. The van der Waals surface area contributed by atoms with Gasteiger partial charge in [-0.1, -0.05) is 6.92 Å². The van der Waals surface area contributed by atoms with E-state index in [-0.39, 0.29) is 23.8 Å². The van der Waals surface area contributed by atoms with Gasteiger partial charge in [-0.15, -0.1) is 0 Å². The molecule has 0 radical (unpaired) electrons. The number of likely N-dealkylation sites (tertiary alicyclic amines) is 1. The monoisotopic (exact) mass is 331 g/mol. The Kier molecular flexibility index (Phi) is 5.11. The van der Waals surface area contributed by atoms with E-state index < -0.39 is 10.0 Å². The minimum absolute atomic E-state index is 0.0476. The topological polar surface area (TPSA) is 78.0 Å². The molecule has 2 amide bonds. The summed E-state index contributed by atoms with van der Waals surface area (Å²) in [5.74, 6) is -0.00977. The molecule has 0 spiro atoms. The normalized spacial score (nSPS) is 27.2. The molecule has 22 heavy (non-hydrogen) atoms. The Morgan fingerprint density at radius 2 is 1.77 bits per heavy atom. The maximum atomic E-state index is 12.6. The average molecular weight is 331 g/mol. The number of amides is 2. The zero-order valence-electron chi connectivity index (χ0n) is 13.5. The highest BCUT2D eigenvalue weighted by Crippen LogP contribution is 2.22. The van der Waals surface area contributed by atoms with Gasteiger partial charge in [0.05, 0.1) is 12.2 Å². The molecule has 0 saturated carbocycles. The van der Waals surface area contributed by atoms with Gasteiger partial charge in [-0.3, -0.25) is 9.59 Å². The zero-order valence-corrected chi connectivity index (χ0v) is 14.3. The molecule has 2 heterocycles. The Bertz CT molecular complexity index is 548. The zero-order chi connectivity index (χ0) is 16.5. The Labute approximate surface area is 132 Å². The lowest BCUT2D eigenvalue weighted by molar-refractivity contribution is -0.137. The summed E-state index contributed by atoms with van der Waals surface area (Å²) in [6, 6.07) is -0.206. The first-order valence-electron chi connectivity index (χ1n) is 7.77. The van der Waals surface area contributed by atoms with Crippen LogP contribution in [0.15, 0.2) is 0 Å². The predicted molar refractivity (Wildman–Crippen MR) is 82.6 cm³/mol. The van der Waals surface area contributed by atoms with Gasteiger partial charge in [-0.2, -0.15) is 4.31 Å². The molecule has 0 bridgehead atoms. The third kappa shape index (κ3) is 3.60. The van der Waals surface area contributed by atoms with Gasteiger partial charge in [-0.05, 0) is 13.3 Å². The van der Waals surface area contributed by atoms with Crippen LogP contribution in [0.1, 0.15) is 26.7 Å². The standard InChI is InChI=1S/C14H25N3O4S/c1-4-13(18)15-6-5-12(10-15)14(19)16-7-8-17(11(2)9-16)22(3,20)21/h11-12H,4-10H2,1-3H3/t11-,12?/m0/s1. The molecule has 0 aromatic heterocycles. The Morgan fingerprint density at radius 1 is 1.09 bits per heavy atom. The maximum Gasteiger partial charge on any atom is 0.227 e. The van der Waals surface area contributed by atoms with E-state index in [2.05, 4.69) is 0 Å². The molecule has 0 N–H and O–H groups in total. The average Bonchev–Trinajstić information content (AvgIpc) is 2.93. The van der Waals surface area contributed by atoms with Crippen molar-refractivity contribution in [3.63, 3.8) is 0 Å². The van der Waals surface area contributed by atoms with Gasteiger partial charge >= 0.3 is 0 Å². The van der Waals surface area contributed by atoms with Crippen molar-refractivity contribution < 1.29 is 18.0 Å². The third-order valence-electron chi connectivity index (χ3n) is 4.50. The second-order valence-corrected chi connectivity index (χ2v) is 8.12. The van der Waals surface area contributed by atoms with Gasteiger partial charge in [0.1, 0.15) is 0 Å². The van der Waals surface area contributed by atoms with Crippen LogP contribution in [-0.2, 0) is 19.6 Å². The summed E-state index contributed by atoms with van der Waals surface area (Å²) in [7, 11) is -3.22. The Balaban J connectivity index is 1.94. The summed E-state index contributed by atoms with van der Waals surface area (Å²) < 4.78 is 24.8. The van der Waals surface area contributed by atoms with Crippen LogP contribution >= 0.6 is 0 Å². The molecular formula is C14H25N3O4S. The van der Waals surface area contributed by atoms with Crippen LogP contribution in [-0.4, -0.2) is 79.4 Å². The van der Waals surface area contributed by atoms with E-state index in [9.17, 15) is 18.0 Å². The van der Waals surface area contributed by atoms with Crippen LogP contribution in [0.5, 0.6) is 0 Å². The summed E-state index contributed by atoms with van der Waals surface area (Å²) in [6.45, 7) is 5.97. The fraction of sp³-hybridized carbons (Fsp3) is 0.857. The predicted octanol–water partition coefficient (Wildman–Crippen LogP) is -0.263. The first-order valence-corrected chi connectivity index (χ1v) is 9.62. The molecular weight excluding hydrogens is 306 g/mol. The first kappa shape index (κ1) is 17.2. The summed E-state index contributed by atoms with van der Waals surface area (Å²) in [5.41, 5.74) is 0. The molecule has 2 aliphatic rings. The Hall–Kier alpha value is -1.15. The van der Waals surface area contributed by atoms with Crippen LogP contribution in [0.25, 0.3) is 0 Å². The van der Waals surface area contributed by atoms with Crippen molar-refractivity contribution in [3.05, 3.63) is 0 Å². The maximum absolute atomic E-state index is 12.6. The second-order valence-electron chi connectivity index (χ2n) is 6.19. The molecule has 2 saturated heterocycles. The smallest absolute Gasteiger partial charge is 0.227 e. The minimum Gasteiger partial charge on any atom is -0.342 e. The van der Waals surface area contributed by atoms with Gasteiger partial charge in [0.25, 0.3) is 0 Å². The molecule has 8 heteroatoms. The molecule has 2 aliphatic heterocycles. The molecule has 0 aromatic rings. The van der Waals surface area contributed by atoms with Crippen LogP contribution in [0.2, 0.25) is 0 Å². The minimum atomic E-state index is -3.22.